The number of nitrogens with two attached hydrogens (primary N) is 1. The number of rotatable bonds is 4. The zero-order chi connectivity index (χ0) is 13.9. The molecule has 1 aliphatic heterocycles. The molecule has 1 aliphatic rings. The lowest BCUT2D eigenvalue weighted by molar-refractivity contribution is -0.124. The summed E-state index contributed by atoms with van der Waals surface area (Å²) in [4.78, 5) is 34.7. The highest BCUT2D eigenvalue weighted by atomic mass is 16.4. The average Bonchev–Trinajstić information content (AvgIpc) is 2.58. The number of carboxylic acid groups (broad SMARTS) is 1. The first kappa shape index (κ1) is 14.4. The van der Waals surface area contributed by atoms with E-state index in [2.05, 4.69) is 5.32 Å². The van der Waals surface area contributed by atoms with Crippen LogP contribution in [0.4, 0.5) is 4.79 Å². The number of ketones is 1. The van der Waals surface area contributed by atoms with Crippen molar-refractivity contribution < 1.29 is 19.5 Å². The van der Waals surface area contributed by atoms with Crippen LogP contribution in [-0.2, 0) is 9.59 Å². The summed E-state index contributed by atoms with van der Waals surface area (Å²) in [6.45, 7) is 3.70. The highest BCUT2D eigenvalue weighted by Crippen LogP contribution is 2.12. The molecule has 1 fully saturated rings. The molecule has 2 atom stereocenters. The van der Waals surface area contributed by atoms with Crippen LogP contribution < -0.4 is 11.1 Å². The van der Waals surface area contributed by atoms with Crippen molar-refractivity contribution in [1.29, 1.82) is 0 Å². The summed E-state index contributed by atoms with van der Waals surface area (Å²) in [5.41, 5.74) is 5.69. The lowest BCUT2D eigenvalue weighted by atomic mass is 10.0. The van der Waals surface area contributed by atoms with Gasteiger partial charge in [-0.2, -0.15) is 0 Å². The second kappa shape index (κ2) is 5.81. The number of nitrogens with one attached hydrogen (secondary N) is 1. The Morgan fingerprint density at radius 2 is 2.17 bits per heavy atom. The van der Waals surface area contributed by atoms with Gasteiger partial charge in [-0.25, -0.2) is 4.79 Å². The van der Waals surface area contributed by atoms with Gasteiger partial charge in [0.25, 0.3) is 0 Å². The van der Waals surface area contributed by atoms with Gasteiger partial charge < -0.3 is 16.2 Å². The number of hydrogen-bond donors (Lipinski definition) is 3. The van der Waals surface area contributed by atoms with Gasteiger partial charge in [0.05, 0.1) is 12.6 Å². The Bertz CT molecular complexity index is 356. The van der Waals surface area contributed by atoms with Crippen molar-refractivity contribution >= 4 is 17.8 Å². The minimum Gasteiger partial charge on any atom is -0.465 e. The summed E-state index contributed by atoms with van der Waals surface area (Å²) < 4.78 is 0. The molecule has 2 amide bonds. The van der Waals surface area contributed by atoms with Crippen molar-refractivity contribution in [1.82, 2.24) is 10.2 Å². The number of carbonyl (C=O) groups is 3. The minimum absolute atomic E-state index is 0.00639. The molecule has 1 unspecified atom stereocenters. The maximum Gasteiger partial charge on any atom is 0.409 e. The molecule has 0 spiro atoms. The summed E-state index contributed by atoms with van der Waals surface area (Å²) in [6, 6.07) is -0.684. The van der Waals surface area contributed by atoms with Gasteiger partial charge in [0, 0.05) is 6.42 Å². The largest absolute Gasteiger partial charge is 0.465 e. The molecule has 7 heteroatoms. The Hall–Kier alpha value is -1.63. The van der Waals surface area contributed by atoms with Crippen LogP contribution in [0.2, 0.25) is 0 Å². The summed E-state index contributed by atoms with van der Waals surface area (Å²) >= 11 is 0. The molecule has 0 aromatic carbocycles. The Morgan fingerprint density at radius 3 is 2.67 bits per heavy atom. The van der Waals surface area contributed by atoms with Crippen molar-refractivity contribution in [2.24, 2.45) is 11.7 Å². The van der Waals surface area contributed by atoms with Crippen molar-refractivity contribution in [2.75, 3.05) is 6.54 Å². The average molecular weight is 257 g/mol. The first-order valence-electron chi connectivity index (χ1n) is 5.88. The van der Waals surface area contributed by atoms with E-state index in [0.29, 0.717) is 6.42 Å². The van der Waals surface area contributed by atoms with Crippen LogP contribution in [0.1, 0.15) is 26.7 Å². The quantitative estimate of drug-likeness (QED) is 0.643. The molecule has 1 heterocycles. The number of amides is 2. The Labute approximate surface area is 105 Å². The van der Waals surface area contributed by atoms with Gasteiger partial charge in [-0.05, 0) is 12.3 Å². The summed E-state index contributed by atoms with van der Waals surface area (Å²) in [5.74, 6) is -0.360. The third-order valence-corrected chi connectivity index (χ3v) is 2.76. The maximum absolute atomic E-state index is 11.7. The monoisotopic (exact) mass is 257 g/mol. The second-order valence-electron chi connectivity index (χ2n) is 4.91. The zero-order valence-corrected chi connectivity index (χ0v) is 10.5. The molecule has 0 radical (unpaired) electrons. The number of carbonyl (C=O) groups excluding carboxylic acids is 2. The van der Waals surface area contributed by atoms with E-state index in [4.69, 9.17) is 10.8 Å². The normalized spacial score (nSPS) is 21.2. The van der Waals surface area contributed by atoms with Gasteiger partial charge in [-0.3, -0.25) is 14.5 Å². The van der Waals surface area contributed by atoms with Crippen LogP contribution in [0.15, 0.2) is 0 Å². The standard InChI is InChI=1S/C11H19N3O4/c1-6(2)3-8(12)10(16)13-9-4-7(15)5-14(9)11(17)18/h6,8-9H,3-5,12H2,1-2H3,(H,13,16)(H,17,18)/t8-,9?/m0/s1. The molecule has 18 heavy (non-hydrogen) atoms. The van der Waals surface area contributed by atoms with E-state index in [1.165, 1.54) is 0 Å². The Morgan fingerprint density at radius 1 is 1.56 bits per heavy atom. The predicted molar refractivity (Wildman–Crippen MR) is 63.7 cm³/mol. The maximum atomic E-state index is 11.7. The lowest BCUT2D eigenvalue weighted by Crippen LogP contribution is -2.51. The zero-order valence-electron chi connectivity index (χ0n) is 10.5. The third-order valence-electron chi connectivity index (χ3n) is 2.76. The van der Waals surface area contributed by atoms with Gasteiger partial charge in [-0.15, -0.1) is 0 Å². The third kappa shape index (κ3) is 3.69. The minimum atomic E-state index is -1.22. The fraction of sp³-hybridized carbons (Fsp3) is 0.727. The van der Waals surface area contributed by atoms with Crippen LogP contribution in [0, 0.1) is 5.92 Å². The lowest BCUT2D eigenvalue weighted by Gasteiger charge is -2.23. The Balaban J connectivity index is 2.58. The molecule has 4 N–H and O–H groups in total. The molecule has 0 aromatic heterocycles. The van der Waals surface area contributed by atoms with E-state index >= 15 is 0 Å². The molecule has 0 aromatic rings. The molecule has 7 nitrogen and oxygen atoms in total. The van der Waals surface area contributed by atoms with Gasteiger partial charge >= 0.3 is 6.09 Å². The fourth-order valence-electron chi connectivity index (χ4n) is 1.91. The second-order valence-corrected chi connectivity index (χ2v) is 4.91. The Kier molecular flexibility index (Phi) is 4.66. The van der Waals surface area contributed by atoms with Crippen molar-refractivity contribution in [3.05, 3.63) is 0 Å². The SMILES string of the molecule is CC(C)C[C@H](N)C(=O)NC1CC(=O)CN1C(=O)O. The molecule has 0 aliphatic carbocycles. The number of Topliss-reactive ketones (excluding diaryl/α,β-unsaturated/α-hetero) is 1. The number of nitrogens with zero attached hydrogens (tertiary/aromatic N) is 1. The van der Waals surface area contributed by atoms with Crippen LogP contribution in [0.25, 0.3) is 0 Å². The summed E-state index contributed by atoms with van der Waals surface area (Å²) in [7, 11) is 0. The summed E-state index contributed by atoms with van der Waals surface area (Å²) in [6.07, 6.45) is -1.49. The van der Waals surface area contributed by atoms with Crippen LogP contribution in [0.5, 0.6) is 0 Å². The van der Waals surface area contributed by atoms with Crippen molar-refractivity contribution in [2.45, 2.75) is 38.9 Å². The molecular weight excluding hydrogens is 238 g/mol. The topological polar surface area (TPSA) is 113 Å². The van der Waals surface area contributed by atoms with E-state index < -0.39 is 24.2 Å². The van der Waals surface area contributed by atoms with Gasteiger partial charge in [0.1, 0.15) is 6.17 Å². The van der Waals surface area contributed by atoms with Crippen LogP contribution >= 0.6 is 0 Å². The van der Waals surface area contributed by atoms with Gasteiger partial charge in [0.15, 0.2) is 5.78 Å². The first-order valence-corrected chi connectivity index (χ1v) is 5.88. The van der Waals surface area contributed by atoms with E-state index in [1.807, 2.05) is 13.8 Å². The smallest absolute Gasteiger partial charge is 0.409 e. The summed E-state index contributed by atoms with van der Waals surface area (Å²) in [5, 5.41) is 11.4. The molecule has 1 rings (SSSR count). The van der Waals surface area contributed by atoms with Crippen LogP contribution in [-0.4, -0.2) is 46.5 Å². The van der Waals surface area contributed by atoms with E-state index in [1.54, 1.807) is 0 Å². The van der Waals surface area contributed by atoms with E-state index in [0.717, 1.165) is 4.90 Å². The molecule has 0 saturated carbocycles. The molecule has 102 valence electrons. The van der Waals surface area contributed by atoms with Crippen molar-refractivity contribution in [3.8, 4) is 0 Å². The van der Waals surface area contributed by atoms with Crippen LogP contribution in [0.3, 0.4) is 0 Å². The van der Waals surface area contributed by atoms with E-state index in [9.17, 15) is 14.4 Å². The predicted octanol–water partition coefficient (Wildman–Crippen LogP) is -0.245. The number of hydrogen-bond acceptors (Lipinski definition) is 4. The van der Waals surface area contributed by atoms with E-state index in [-0.39, 0.29) is 24.7 Å². The first-order chi connectivity index (χ1) is 8.31. The molecule has 0 bridgehead atoms. The highest BCUT2D eigenvalue weighted by Gasteiger charge is 2.35. The molecular formula is C11H19N3O4. The highest BCUT2D eigenvalue weighted by molar-refractivity contribution is 5.89. The van der Waals surface area contributed by atoms with Gasteiger partial charge in [0.2, 0.25) is 5.91 Å². The van der Waals surface area contributed by atoms with Gasteiger partial charge in [-0.1, -0.05) is 13.8 Å². The van der Waals surface area contributed by atoms with Crippen molar-refractivity contribution in [3.63, 3.8) is 0 Å². The molecule has 1 saturated heterocycles. The number of likely N-dealkylation sites (tertiary alicyclic amines) is 1. The fourth-order valence-corrected chi connectivity index (χ4v) is 1.91.